The number of ether oxygens (including phenoxy) is 10. The average molecular weight is 1540 g/mol. The summed E-state index contributed by atoms with van der Waals surface area (Å²) in [6.07, 6.45) is 5.09. The average Bonchev–Trinajstić information content (AvgIpc) is 1.59. The number of aliphatic hydroxyl groups is 1. The van der Waals surface area contributed by atoms with Gasteiger partial charge in [-0.2, -0.15) is 0 Å². The van der Waals surface area contributed by atoms with Crippen LogP contribution in [0.15, 0.2) is 72.8 Å². The number of nitrogens with zero attached hydrogens (tertiary/aromatic N) is 1. The van der Waals surface area contributed by atoms with Crippen molar-refractivity contribution in [2.24, 2.45) is 11.7 Å². The van der Waals surface area contributed by atoms with E-state index in [1.807, 2.05) is 6.92 Å². The molecule has 2 aromatic rings. The normalized spacial score (nSPS) is 25.4. The third-order valence-electron chi connectivity index (χ3n) is 20.0. The largest absolute Gasteiger partial charge is 0.445 e. The molecule has 6 fully saturated rings. The number of fused-ring (bicyclic) bond motifs is 7. The summed E-state index contributed by atoms with van der Waals surface area (Å²) >= 11 is 0. The van der Waals surface area contributed by atoms with Crippen LogP contribution in [0, 0.1) is 5.92 Å². The lowest BCUT2D eigenvalue weighted by Crippen LogP contribution is -2.56. The molecule has 0 radical (unpaired) electrons. The zero-order valence-corrected chi connectivity index (χ0v) is 62.6. The van der Waals surface area contributed by atoms with E-state index in [4.69, 9.17) is 53.1 Å². The second kappa shape index (κ2) is 40.6. The second-order valence-electron chi connectivity index (χ2n) is 28.9. The van der Waals surface area contributed by atoms with E-state index in [0.29, 0.717) is 49.1 Å². The summed E-state index contributed by atoms with van der Waals surface area (Å²) in [5, 5.41) is 33.2. The van der Waals surface area contributed by atoms with Gasteiger partial charge < -0.3 is 106 Å². The highest BCUT2D eigenvalue weighted by molar-refractivity contribution is 6.13. The Morgan fingerprint density at radius 2 is 1.25 bits per heavy atom. The minimum atomic E-state index is -1.48. The summed E-state index contributed by atoms with van der Waals surface area (Å²) < 4.78 is 60.1. The van der Waals surface area contributed by atoms with Crippen molar-refractivity contribution in [3.63, 3.8) is 0 Å². The van der Waals surface area contributed by atoms with Gasteiger partial charge in [-0.05, 0) is 120 Å². The lowest BCUT2D eigenvalue weighted by Gasteiger charge is -2.47. The van der Waals surface area contributed by atoms with Crippen molar-refractivity contribution in [2.75, 3.05) is 63.3 Å². The van der Waals surface area contributed by atoms with E-state index >= 15 is 0 Å². The van der Waals surface area contributed by atoms with Crippen molar-refractivity contribution in [2.45, 2.75) is 235 Å². The molecule has 7 aliphatic rings. The number of benzene rings is 2. The topological polar surface area (TPSA) is 472 Å². The van der Waals surface area contributed by atoms with Gasteiger partial charge in [0.2, 0.25) is 47.3 Å². The van der Waals surface area contributed by atoms with Crippen LogP contribution in [0.4, 0.5) is 21.0 Å². The SMILES string of the molecule is C=C1CO[C@@H](CC[C@]23CC[C@H](O2)C2C[C@@H](O3)[C@H]3O[C@@H](CC(=O)C[C@@H]4CC(C[C@H](O)CNC(=O)OCc5ccc(NC(=O)[C@H](CC(N)=O)NC(=O)[C@H](C)NC(=O)[C@H](C)NC(=O)OCc6ccc(NC(=O)CNC(=O)[C@H](C)NC(=O)[C@H](C)NC(=O)CCOCCOCCN7C(=O)C=CC7=O)cc6)cc5)O[C@H]4C)CC[C@@H]3O2)C1. The number of nitrogens with one attached hydrogen (secondary N) is 9. The summed E-state index contributed by atoms with van der Waals surface area (Å²) in [5.74, 6) is -7.37. The molecule has 4 bridgehead atoms. The first kappa shape index (κ1) is 84.7. The first-order valence-corrected chi connectivity index (χ1v) is 37.4. The van der Waals surface area contributed by atoms with Gasteiger partial charge in [0.15, 0.2) is 5.79 Å². The van der Waals surface area contributed by atoms with Crippen LogP contribution in [0.1, 0.15) is 136 Å². The van der Waals surface area contributed by atoms with E-state index in [1.54, 1.807) is 12.1 Å². The molecule has 602 valence electrons. The van der Waals surface area contributed by atoms with E-state index in [2.05, 4.69) is 54.4 Å². The van der Waals surface area contributed by atoms with Gasteiger partial charge >= 0.3 is 12.2 Å². The molecule has 9 rings (SSSR count). The van der Waals surface area contributed by atoms with E-state index in [-0.39, 0.29) is 144 Å². The third-order valence-corrected chi connectivity index (χ3v) is 20.0. The Morgan fingerprint density at radius 3 is 1.91 bits per heavy atom. The van der Waals surface area contributed by atoms with Gasteiger partial charge in [0.05, 0.1) is 107 Å². The van der Waals surface area contributed by atoms with Crippen LogP contribution in [-0.2, 0) is 113 Å². The fourth-order valence-electron chi connectivity index (χ4n) is 13.9. The standard InChI is InChI=1S/C75H103N11O24/c1-41-29-54(103-38-41)19-22-75-23-20-58(109-75)60-35-61(110-75)67-59(108-60)16-15-55(107-67)32-52(87)30-49-31-56(106-46(49)6)33-53(88)36-78-73(99)104-39-47-9-13-51(14-10-47)84-72(98)57(34-62(76)89)85-71(97)44(4)81-70(96)45(5)82-74(100)105-40-48-7-11-50(12-8-48)83-64(91)37-77-68(94)42(2)80-69(95)43(3)79-63(90)21-25-101-27-28-102-26-24-86-65(92)17-18-66(86)93/h7-14,17-18,42-46,49,53-61,67,88H,1,15-16,19-40H2,2-6H3,(H2,76,89)(H,77,94)(H,78,99)(H,79,90)(H,80,95)(H,81,96)(H,82,100)(H,83,91)(H,84,98)(H,85,97)/t42-,43-,44-,45-,46-,49+,53-,54-,55+,56?,57-,58-,59-,60?,61+,67-,75-/m0/s1. The fraction of sp³-hybridized carbons (Fsp3) is 0.613. The number of ketones is 1. The quantitative estimate of drug-likeness (QED) is 0.0255. The number of alkyl carbamates (subject to hydrolysis) is 2. The van der Waals surface area contributed by atoms with Crippen LogP contribution in [0.5, 0.6) is 0 Å². The molecule has 0 spiro atoms. The number of carbonyl (C=O) groups is 13. The molecule has 6 saturated heterocycles. The lowest BCUT2D eigenvalue weighted by molar-refractivity contribution is -0.276. The van der Waals surface area contributed by atoms with Crippen molar-refractivity contribution < 1.29 is 115 Å². The van der Waals surface area contributed by atoms with Crippen molar-refractivity contribution in [1.29, 1.82) is 0 Å². The molecule has 7 heterocycles. The highest BCUT2D eigenvalue weighted by atomic mass is 16.7. The monoisotopic (exact) mass is 1540 g/mol. The number of rotatable bonds is 40. The van der Waals surface area contributed by atoms with E-state index < -0.39 is 126 Å². The molecule has 35 heteroatoms. The molecule has 2 aromatic carbocycles. The molecule has 0 saturated carbocycles. The Kier molecular flexibility index (Phi) is 31.2. The number of aliphatic hydroxyl groups excluding tert-OH is 1. The number of primary amides is 1. The van der Waals surface area contributed by atoms with Gasteiger partial charge in [0.25, 0.3) is 11.8 Å². The molecular weight excluding hydrogens is 1440 g/mol. The minimum absolute atomic E-state index is 0.0192. The summed E-state index contributed by atoms with van der Waals surface area (Å²) in [5.41, 5.74) is 8.10. The van der Waals surface area contributed by atoms with Gasteiger partial charge in [-0.1, -0.05) is 30.8 Å². The summed E-state index contributed by atoms with van der Waals surface area (Å²) in [6, 6.07) is 6.08. The minimum Gasteiger partial charge on any atom is -0.445 e. The van der Waals surface area contributed by atoms with Gasteiger partial charge in [-0.15, -0.1) is 0 Å². The number of hydrogen-bond acceptors (Lipinski definition) is 24. The van der Waals surface area contributed by atoms with Gasteiger partial charge in [-0.3, -0.25) is 57.6 Å². The summed E-state index contributed by atoms with van der Waals surface area (Å²) in [6.45, 7) is 11.5. The maximum Gasteiger partial charge on any atom is 0.408 e. The molecule has 17 atom stereocenters. The first-order valence-electron chi connectivity index (χ1n) is 37.4. The van der Waals surface area contributed by atoms with E-state index in [1.165, 1.54) is 76.2 Å². The number of imide groups is 1. The van der Waals surface area contributed by atoms with Gasteiger partial charge in [-0.25, -0.2) is 9.59 Å². The number of hydrogen-bond donors (Lipinski definition) is 11. The molecule has 7 aliphatic heterocycles. The molecule has 2 unspecified atom stereocenters. The maximum absolute atomic E-state index is 13.6. The smallest absolute Gasteiger partial charge is 0.408 e. The number of anilines is 2. The molecule has 0 aliphatic carbocycles. The Morgan fingerprint density at radius 1 is 0.627 bits per heavy atom. The Bertz CT molecular complexity index is 3640. The highest BCUT2D eigenvalue weighted by Gasteiger charge is 2.56. The Hall–Kier alpha value is -9.33. The Balaban J connectivity index is 0.591. The molecule has 0 aromatic heterocycles. The highest BCUT2D eigenvalue weighted by Crippen LogP contribution is 2.48. The van der Waals surface area contributed by atoms with Gasteiger partial charge in [0, 0.05) is 75.0 Å². The Labute approximate surface area is 636 Å². The van der Waals surface area contributed by atoms with Crippen LogP contribution in [-0.4, -0.2) is 237 Å². The van der Waals surface area contributed by atoms with E-state index in [9.17, 15) is 67.4 Å². The van der Waals surface area contributed by atoms with Crippen molar-refractivity contribution >= 4 is 88.4 Å². The van der Waals surface area contributed by atoms with Crippen molar-refractivity contribution in [1.82, 2.24) is 42.1 Å². The second-order valence-corrected chi connectivity index (χ2v) is 28.9. The predicted octanol–water partition coefficient (Wildman–Crippen LogP) is 1.44. The number of amides is 12. The van der Waals surface area contributed by atoms with Crippen molar-refractivity contribution in [3.8, 4) is 0 Å². The van der Waals surface area contributed by atoms with E-state index in [0.717, 1.165) is 49.0 Å². The summed E-state index contributed by atoms with van der Waals surface area (Å²) in [4.78, 5) is 165. The van der Waals surface area contributed by atoms with Crippen LogP contribution in [0.25, 0.3) is 0 Å². The van der Waals surface area contributed by atoms with Crippen LogP contribution in [0.3, 0.4) is 0 Å². The third kappa shape index (κ3) is 25.9. The zero-order valence-electron chi connectivity index (χ0n) is 62.6. The summed E-state index contributed by atoms with van der Waals surface area (Å²) in [7, 11) is 0. The number of Topliss-reactive ketones (excluding diaryl/α,β-unsaturated/α-hetero) is 1. The predicted molar refractivity (Wildman–Crippen MR) is 388 cm³/mol. The lowest BCUT2D eigenvalue weighted by atomic mass is 9.86. The number of nitrogens with two attached hydrogens (primary N) is 1. The molecule has 12 N–H and O–H groups in total. The fourth-order valence-corrected chi connectivity index (χ4v) is 13.9. The zero-order chi connectivity index (χ0) is 79.2. The van der Waals surface area contributed by atoms with Crippen LogP contribution < -0.4 is 53.6 Å². The first-order chi connectivity index (χ1) is 52.5. The molecule has 12 amide bonds. The molecule has 35 nitrogen and oxygen atoms in total. The molecular formula is C75H103N11O24. The maximum atomic E-state index is 13.6. The van der Waals surface area contributed by atoms with Crippen molar-refractivity contribution in [3.05, 3.63) is 84.0 Å². The number of carbonyl (C=O) groups excluding carboxylic acids is 13. The molecule has 110 heavy (non-hydrogen) atoms. The van der Waals surface area contributed by atoms with Crippen LogP contribution in [0.2, 0.25) is 0 Å². The van der Waals surface area contributed by atoms with Crippen LogP contribution >= 0.6 is 0 Å². The van der Waals surface area contributed by atoms with Gasteiger partial charge in [0.1, 0.15) is 55.3 Å².